The Balaban J connectivity index is 1.78. The minimum absolute atomic E-state index is 0.0562. The molecule has 1 aromatic heterocycles. The van der Waals surface area contributed by atoms with Gasteiger partial charge in [-0.1, -0.05) is 18.2 Å². The maximum absolute atomic E-state index is 14.6. The molecule has 0 fully saturated rings. The van der Waals surface area contributed by atoms with Gasteiger partial charge in [-0.3, -0.25) is 9.36 Å². The van der Waals surface area contributed by atoms with Gasteiger partial charge in [-0.2, -0.15) is 0 Å². The Bertz CT molecular complexity index is 1240. The molecule has 29 heavy (non-hydrogen) atoms. The zero-order valence-electron chi connectivity index (χ0n) is 15.8. The molecule has 4 aromatic rings. The average molecular weight is 391 g/mol. The van der Waals surface area contributed by atoms with Gasteiger partial charge in [0.25, 0.3) is 5.56 Å². The van der Waals surface area contributed by atoms with E-state index in [1.54, 1.807) is 18.2 Å². The maximum Gasteiger partial charge on any atom is 0.265 e. The first kappa shape index (κ1) is 18.5. The highest BCUT2D eigenvalue weighted by Gasteiger charge is 2.13. The number of nitrogens with zero attached hydrogens (tertiary/aromatic N) is 2. The molecular weight excluding hydrogens is 373 g/mol. The predicted octanol–water partition coefficient (Wildman–Crippen LogP) is 4.29. The van der Waals surface area contributed by atoms with Gasteiger partial charge in [-0.25, -0.2) is 9.37 Å². The summed E-state index contributed by atoms with van der Waals surface area (Å²) in [6.45, 7) is 0. The van der Waals surface area contributed by atoms with Gasteiger partial charge in [0, 0.05) is 17.8 Å². The van der Waals surface area contributed by atoms with Gasteiger partial charge < -0.3 is 14.8 Å². The molecule has 1 N–H and O–H groups in total. The largest absolute Gasteiger partial charge is 0.497 e. The van der Waals surface area contributed by atoms with Crippen molar-refractivity contribution < 1.29 is 13.9 Å². The van der Waals surface area contributed by atoms with E-state index >= 15 is 0 Å². The fourth-order valence-corrected chi connectivity index (χ4v) is 3.06. The summed E-state index contributed by atoms with van der Waals surface area (Å²) in [7, 11) is 2.87. The lowest BCUT2D eigenvalue weighted by Crippen LogP contribution is -2.18. The third-order valence-corrected chi connectivity index (χ3v) is 4.54. The number of hydrogen-bond acceptors (Lipinski definition) is 5. The molecule has 6 nitrogen and oxygen atoms in total. The van der Waals surface area contributed by atoms with Crippen LogP contribution in [-0.4, -0.2) is 23.8 Å². The van der Waals surface area contributed by atoms with Gasteiger partial charge in [-0.15, -0.1) is 0 Å². The highest BCUT2D eigenvalue weighted by atomic mass is 19.1. The monoisotopic (exact) mass is 391 g/mol. The number of para-hydroxylation sites is 1. The van der Waals surface area contributed by atoms with E-state index in [-0.39, 0.29) is 17.0 Å². The molecule has 0 saturated heterocycles. The van der Waals surface area contributed by atoms with Crippen molar-refractivity contribution in [2.75, 3.05) is 19.5 Å². The van der Waals surface area contributed by atoms with Crippen LogP contribution in [-0.2, 0) is 0 Å². The smallest absolute Gasteiger partial charge is 0.265 e. The van der Waals surface area contributed by atoms with Crippen LogP contribution in [0.3, 0.4) is 0 Å². The summed E-state index contributed by atoms with van der Waals surface area (Å²) in [4.78, 5) is 17.3. The number of anilines is 2. The first-order valence-corrected chi connectivity index (χ1v) is 8.86. The standard InChI is InChI=1S/C22H18FN3O3/c1-28-16-11-19(21(23)20(12-16)29-2)25-14-8-9-18-17(10-14)22(27)26(13-24-18)15-6-4-3-5-7-15/h3-13,25H,1-2H3. The van der Waals surface area contributed by atoms with Crippen LogP contribution in [0.4, 0.5) is 15.8 Å². The third-order valence-electron chi connectivity index (χ3n) is 4.54. The summed E-state index contributed by atoms with van der Waals surface area (Å²) in [6.07, 6.45) is 1.50. The fourth-order valence-electron chi connectivity index (χ4n) is 3.06. The second-order valence-corrected chi connectivity index (χ2v) is 6.30. The molecule has 0 atom stereocenters. The molecule has 0 aliphatic rings. The minimum Gasteiger partial charge on any atom is -0.497 e. The van der Waals surface area contributed by atoms with Crippen molar-refractivity contribution in [3.63, 3.8) is 0 Å². The topological polar surface area (TPSA) is 65.4 Å². The molecule has 3 aromatic carbocycles. The number of halogens is 1. The zero-order valence-corrected chi connectivity index (χ0v) is 15.8. The van der Waals surface area contributed by atoms with E-state index in [0.29, 0.717) is 28.0 Å². The van der Waals surface area contributed by atoms with Gasteiger partial charge in [0.15, 0.2) is 11.6 Å². The highest BCUT2D eigenvalue weighted by Crippen LogP contribution is 2.32. The Labute approximate surface area is 166 Å². The first-order chi connectivity index (χ1) is 14.1. The molecule has 1 heterocycles. The van der Waals surface area contributed by atoms with Crippen molar-refractivity contribution >= 4 is 22.3 Å². The van der Waals surface area contributed by atoms with E-state index in [0.717, 1.165) is 0 Å². The van der Waals surface area contributed by atoms with E-state index in [4.69, 9.17) is 9.47 Å². The summed E-state index contributed by atoms with van der Waals surface area (Å²) in [5.41, 5.74) is 1.77. The lowest BCUT2D eigenvalue weighted by Gasteiger charge is -2.13. The molecule has 0 saturated carbocycles. The Kier molecular flexibility index (Phi) is 4.87. The maximum atomic E-state index is 14.6. The predicted molar refractivity (Wildman–Crippen MR) is 110 cm³/mol. The van der Waals surface area contributed by atoms with Crippen molar-refractivity contribution in [2.45, 2.75) is 0 Å². The quantitative estimate of drug-likeness (QED) is 0.550. The Morgan fingerprint density at radius 1 is 1.00 bits per heavy atom. The van der Waals surface area contributed by atoms with Crippen LogP contribution < -0.4 is 20.3 Å². The summed E-state index contributed by atoms with van der Waals surface area (Å²) < 4.78 is 26.4. The molecule has 0 unspecified atom stereocenters. The van der Waals surface area contributed by atoms with E-state index < -0.39 is 5.82 Å². The van der Waals surface area contributed by atoms with Crippen molar-refractivity contribution in [2.24, 2.45) is 0 Å². The SMILES string of the molecule is COc1cc(Nc2ccc3ncn(-c4ccccc4)c(=O)c3c2)c(F)c(OC)c1. The molecule has 0 aliphatic heterocycles. The number of hydrogen-bond donors (Lipinski definition) is 1. The summed E-state index contributed by atoms with van der Waals surface area (Å²) in [5, 5.41) is 3.40. The van der Waals surface area contributed by atoms with Crippen molar-refractivity contribution in [3.05, 3.63) is 83.2 Å². The van der Waals surface area contributed by atoms with Gasteiger partial charge in [0.05, 0.1) is 36.5 Å². The normalized spacial score (nSPS) is 10.7. The van der Waals surface area contributed by atoms with Crippen molar-refractivity contribution in [1.82, 2.24) is 9.55 Å². The third kappa shape index (κ3) is 3.50. The number of nitrogens with one attached hydrogen (secondary N) is 1. The Hall–Kier alpha value is -3.87. The zero-order chi connectivity index (χ0) is 20.4. The molecule has 0 amide bonds. The minimum atomic E-state index is -0.554. The molecule has 0 radical (unpaired) electrons. The van der Waals surface area contributed by atoms with E-state index in [2.05, 4.69) is 10.3 Å². The lowest BCUT2D eigenvalue weighted by atomic mass is 10.2. The van der Waals surface area contributed by atoms with Gasteiger partial charge in [0.1, 0.15) is 12.1 Å². The molecule has 0 spiro atoms. The summed E-state index contributed by atoms with van der Waals surface area (Å²) >= 11 is 0. The number of rotatable bonds is 5. The molecule has 7 heteroatoms. The number of fused-ring (bicyclic) bond motifs is 1. The lowest BCUT2D eigenvalue weighted by molar-refractivity contribution is 0.375. The first-order valence-electron chi connectivity index (χ1n) is 8.86. The average Bonchev–Trinajstić information content (AvgIpc) is 2.76. The van der Waals surface area contributed by atoms with Gasteiger partial charge >= 0.3 is 0 Å². The summed E-state index contributed by atoms with van der Waals surface area (Å²) in [6, 6.07) is 17.3. The molecule has 146 valence electrons. The number of methoxy groups -OCH3 is 2. The van der Waals surface area contributed by atoms with Crippen LogP contribution in [0.25, 0.3) is 16.6 Å². The van der Waals surface area contributed by atoms with E-state index in [1.165, 1.54) is 37.2 Å². The Morgan fingerprint density at radius 3 is 2.52 bits per heavy atom. The summed E-state index contributed by atoms with van der Waals surface area (Å²) in [5.74, 6) is -0.0540. The van der Waals surface area contributed by atoms with Crippen LogP contribution in [0.2, 0.25) is 0 Å². The van der Waals surface area contributed by atoms with E-state index in [1.807, 2.05) is 30.3 Å². The highest BCUT2D eigenvalue weighted by molar-refractivity contribution is 5.83. The Morgan fingerprint density at radius 2 is 1.79 bits per heavy atom. The molecule has 0 bridgehead atoms. The number of ether oxygens (including phenoxy) is 2. The van der Waals surface area contributed by atoms with Crippen molar-refractivity contribution in [3.8, 4) is 17.2 Å². The van der Waals surface area contributed by atoms with Crippen molar-refractivity contribution in [1.29, 1.82) is 0 Å². The molecule has 4 rings (SSSR count). The van der Waals surface area contributed by atoms with Crippen LogP contribution >= 0.6 is 0 Å². The van der Waals surface area contributed by atoms with Gasteiger partial charge in [-0.05, 0) is 30.3 Å². The fraction of sp³-hybridized carbons (Fsp3) is 0.0909. The van der Waals surface area contributed by atoms with Crippen LogP contribution in [0, 0.1) is 5.82 Å². The number of aromatic nitrogens is 2. The van der Waals surface area contributed by atoms with Crippen LogP contribution in [0.1, 0.15) is 0 Å². The van der Waals surface area contributed by atoms with E-state index in [9.17, 15) is 9.18 Å². The molecule has 0 aliphatic carbocycles. The second-order valence-electron chi connectivity index (χ2n) is 6.30. The second kappa shape index (κ2) is 7.63. The van der Waals surface area contributed by atoms with Crippen LogP contribution in [0.15, 0.2) is 71.8 Å². The number of benzene rings is 3. The molecular formula is C22H18FN3O3. The van der Waals surface area contributed by atoms with Gasteiger partial charge in [0.2, 0.25) is 0 Å². The van der Waals surface area contributed by atoms with Crippen LogP contribution in [0.5, 0.6) is 11.5 Å².